The summed E-state index contributed by atoms with van der Waals surface area (Å²) in [6, 6.07) is 18.5. The van der Waals surface area contributed by atoms with Gasteiger partial charge >= 0.3 is 0 Å². The Bertz CT molecular complexity index is 2050. The van der Waals surface area contributed by atoms with Crippen molar-refractivity contribution in [2.75, 3.05) is 32.3 Å². The van der Waals surface area contributed by atoms with Crippen LogP contribution in [0.3, 0.4) is 0 Å². The van der Waals surface area contributed by atoms with Crippen LogP contribution in [0.5, 0.6) is 11.5 Å². The summed E-state index contributed by atoms with van der Waals surface area (Å²) in [6.45, 7) is 2.32. The normalized spacial score (nSPS) is 19.2. The van der Waals surface area contributed by atoms with Crippen LogP contribution >= 0.6 is 0 Å². The van der Waals surface area contributed by atoms with Gasteiger partial charge in [0.1, 0.15) is 0 Å². The predicted octanol–water partition coefficient (Wildman–Crippen LogP) is 3.31. The summed E-state index contributed by atoms with van der Waals surface area (Å²) in [5.41, 5.74) is -0.138. The molecule has 0 unspecified atom stereocenters. The Kier molecular flexibility index (Phi) is 9.76. The Balaban J connectivity index is 1.33. The number of hydrogen-bond acceptors (Lipinski definition) is 8. The van der Waals surface area contributed by atoms with E-state index in [9.17, 15) is 29.4 Å². The molecule has 4 heterocycles. The van der Waals surface area contributed by atoms with Gasteiger partial charge in [-0.3, -0.25) is 28.3 Å². The Morgan fingerprint density at radius 1 is 0.940 bits per heavy atom. The number of likely N-dealkylation sites (tertiary alicyclic amines) is 1. The number of aliphatic hydroxyl groups is 2. The highest BCUT2D eigenvalue weighted by Crippen LogP contribution is 2.46. The Labute approximate surface area is 289 Å². The molecular weight excluding hydrogens is 640 g/mol. The summed E-state index contributed by atoms with van der Waals surface area (Å²) in [5, 5.41) is 22.0. The molecule has 12 heteroatoms. The zero-order valence-electron chi connectivity index (χ0n) is 28.2. The molecule has 0 bridgehead atoms. The third-order valence-electron chi connectivity index (χ3n) is 9.64. The molecule has 0 aliphatic carbocycles. The quantitative estimate of drug-likeness (QED) is 0.230. The standard InChI is InChI=1S/C38H40N4O8/c1-25(8-4-12-34(44)39-19-5-9-29(39)24-43)38(48)30-22-28(41-21-7-11-33(50-3)36(41)46)17-18-31(30)42(37(38)47)23-26-13-15-27(16-14-26)40-20-6-10-32(49-2)35(40)45/h4,6-8,10-11,13-18,20-22,25,29,43,48H,5,9,12,19,23-24H2,1-3H3/b8-4+/t25-,29+,38+/m1/s1. The first kappa shape index (κ1) is 34.4. The van der Waals surface area contributed by atoms with Crippen molar-refractivity contribution in [3.8, 4) is 22.9 Å². The van der Waals surface area contributed by atoms with Crippen LogP contribution in [-0.2, 0) is 21.7 Å². The average molecular weight is 681 g/mol. The molecule has 260 valence electrons. The first-order chi connectivity index (χ1) is 24.1. The summed E-state index contributed by atoms with van der Waals surface area (Å²) in [7, 11) is 2.85. The van der Waals surface area contributed by atoms with Crippen molar-refractivity contribution in [3.63, 3.8) is 0 Å². The molecule has 2 aliphatic rings. The van der Waals surface area contributed by atoms with Gasteiger partial charge in [0, 0.05) is 48.2 Å². The number of aromatic nitrogens is 2. The highest BCUT2D eigenvalue weighted by atomic mass is 16.5. The van der Waals surface area contributed by atoms with E-state index in [1.54, 1.807) is 91.0 Å². The van der Waals surface area contributed by atoms with E-state index < -0.39 is 23.0 Å². The van der Waals surface area contributed by atoms with Crippen LogP contribution in [-0.4, -0.2) is 69.5 Å². The molecule has 0 spiro atoms. The highest BCUT2D eigenvalue weighted by molar-refractivity contribution is 6.07. The lowest BCUT2D eigenvalue weighted by Crippen LogP contribution is -2.44. The van der Waals surface area contributed by atoms with Gasteiger partial charge in [0.15, 0.2) is 17.1 Å². The van der Waals surface area contributed by atoms with E-state index in [4.69, 9.17) is 9.47 Å². The number of fused-ring (bicyclic) bond motifs is 1. The number of carbonyl (C=O) groups is 2. The fraction of sp³-hybridized carbons (Fsp3) is 0.316. The molecule has 2 aliphatic heterocycles. The third-order valence-corrected chi connectivity index (χ3v) is 9.64. The van der Waals surface area contributed by atoms with Crippen molar-refractivity contribution in [3.05, 3.63) is 123 Å². The second-order valence-corrected chi connectivity index (χ2v) is 12.5. The number of rotatable bonds is 11. The van der Waals surface area contributed by atoms with E-state index in [0.29, 0.717) is 29.2 Å². The summed E-state index contributed by atoms with van der Waals surface area (Å²) >= 11 is 0. The van der Waals surface area contributed by atoms with E-state index in [2.05, 4.69) is 0 Å². The smallest absolute Gasteiger partial charge is 0.297 e. The summed E-state index contributed by atoms with van der Waals surface area (Å²) in [4.78, 5) is 56.3. The van der Waals surface area contributed by atoms with E-state index in [0.717, 1.165) is 18.4 Å². The van der Waals surface area contributed by atoms with E-state index in [1.165, 1.54) is 28.3 Å². The molecule has 2 N–H and O–H groups in total. The van der Waals surface area contributed by atoms with E-state index >= 15 is 0 Å². The first-order valence-corrected chi connectivity index (χ1v) is 16.5. The molecular formula is C38H40N4O8. The maximum atomic E-state index is 14.3. The summed E-state index contributed by atoms with van der Waals surface area (Å²) in [6.07, 6.45) is 8.19. The monoisotopic (exact) mass is 680 g/mol. The van der Waals surface area contributed by atoms with Gasteiger partial charge < -0.3 is 29.5 Å². The number of methoxy groups -OCH3 is 2. The van der Waals surface area contributed by atoms with Crippen LogP contribution in [0, 0.1) is 5.92 Å². The fourth-order valence-electron chi connectivity index (χ4n) is 6.84. The highest BCUT2D eigenvalue weighted by Gasteiger charge is 2.52. The summed E-state index contributed by atoms with van der Waals surface area (Å²) < 4.78 is 13.2. The number of amides is 2. The molecule has 6 rings (SSSR count). The van der Waals surface area contributed by atoms with Gasteiger partial charge in [-0.1, -0.05) is 31.2 Å². The predicted molar refractivity (Wildman–Crippen MR) is 187 cm³/mol. The number of nitrogens with zero attached hydrogens (tertiary/aromatic N) is 4. The molecule has 3 atom stereocenters. The van der Waals surface area contributed by atoms with E-state index in [-0.39, 0.29) is 48.6 Å². The largest absolute Gasteiger partial charge is 0.491 e. The van der Waals surface area contributed by atoms with Crippen molar-refractivity contribution in [2.45, 2.75) is 44.4 Å². The Morgan fingerprint density at radius 2 is 1.56 bits per heavy atom. The lowest BCUT2D eigenvalue weighted by atomic mass is 9.82. The number of pyridine rings is 2. The molecule has 0 radical (unpaired) electrons. The van der Waals surface area contributed by atoms with E-state index in [1.807, 2.05) is 12.1 Å². The van der Waals surface area contributed by atoms with Crippen molar-refractivity contribution in [1.29, 1.82) is 0 Å². The van der Waals surface area contributed by atoms with Crippen molar-refractivity contribution >= 4 is 17.5 Å². The number of hydrogen-bond donors (Lipinski definition) is 2. The van der Waals surface area contributed by atoms with Crippen molar-refractivity contribution < 1.29 is 29.3 Å². The molecule has 2 amide bonds. The number of aliphatic hydroxyl groups excluding tert-OH is 1. The molecule has 2 aromatic heterocycles. The molecule has 12 nitrogen and oxygen atoms in total. The number of carbonyl (C=O) groups excluding carboxylic acids is 2. The van der Waals surface area contributed by atoms with Gasteiger partial charge in [-0.2, -0.15) is 0 Å². The van der Waals surface area contributed by atoms with Crippen LogP contribution in [0.25, 0.3) is 11.4 Å². The SMILES string of the molecule is COc1cccn(-c2ccc(CN3C(=O)[C@](O)([C@H](C)/C=C/CC(=O)N4CCC[C@H]4CO)c4cc(-n5cccc(OC)c5=O)ccc43)cc2)c1=O. The van der Waals surface area contributed by atoms with Crippen molar-refractivity contribution in [1.82, 2.24) is 14.0 Å². The van der Waals surface area contributed by atoms with Gasteiger partial charge in [-0.25, -0.2) is 0 Å². The van der Waals surface area contributed by atoms with Gasteiger partial charge in [-0.05, 0) is 73.0 Å². The molecule has 1 fully saturated rings. The van der Waals surface area contributed by atoms with Gasteiger partial charge in [0.25, 0.3) is 17.0 Å². The van der Waals surface area contributed by atoms with Gasteiger partial charge in [0.2, 0.25) is 5.91 Å². The molecule has 50 heavy (non-hydrogen) atoms. The molecule has 1 saturated heterocycles. The average Bonchev–Trinajstić information content (AvgIpc) is 3.70. The number of benzene rings is 2. The lowest BCUT2D eigenvalue weighted by Gasteiger charge is -2.28. The second kappa shape index (κ2) is 14.2. The van der Waals surface area contributed by atoms with Crippen LogP contribution in [0.2, 0.25) is 0 Å². The topological polar surface area (TPSA) is 144 Å². The Morgan fingerprint density at radius 3 is 2.18 bits per heavy atom. The van der Waals surface area contributed by atoms with Crippen LogP contribution in [0.4, 0.5) is 5.69 Å². The van der Waals surface area contributed by atoms with Gasteiger partial charge in [-0.15, -0.1) is 0 Å². The first-order valence-electron chi connectivity index (χ1n) is 16.5. The maximum absolute atomic E-state index is 14.3. The number of ether oxygens (including phenoxy) is 2. The Hall–Kier alpha value is -5.46. The minimum atomic E-state index is -2.03. The van der Waals surface area contributed by atoms with Crippen molar-refractivity contribution in [2.24, 2.45) is 5.92 Å². The fourth-order valence-corrected chi connectivity index (χ4v) is 6.84. The molecule has 4 aromatic rings. The third kappa shape index (κ3) is 6.12. The van der Waals surface area contributed by atoms with Gasteiger partial charge in [0.05, 0.1) is 39.1 Å². The minimum Gasteiger partial charge on any atom is -0.491 e. The zero-order chi connectivity index (χ0) is 35.6. The zero-order valence-corrected chi connectivity index (χ0v) is 28.2. The molecule has 2 aromatic carbocycles. The number of anilines is 1. The summed E-state index contributed by atoms with van der Waals surface area (Å²) in [5.74, 6) is -1.10. The second-order valence-electron chi connectivity index (χ2n) is 12.5. The van der Waals surface area contributed by atoms with Crippen LogP contribution < -0.4 is 25.5 Å². The molecule has 0 saturated carbocycles. The maximum Gasteiger partial charge on any atom is 0.297 e. The lowest BCUT2D eigenvalue weighted by molar-refractivity contribution is -0.139. The van der Waals surface area contributed by atoms with Crippen LogP contribution in [0.15, 0.2) is 101 Å². The van der Waals surface area contributed by atoms with Crippen LogP contribution in [0.1, 0.15) is 37.3 Å². The minimum absolute atomic E-state index is 0.0592.